The van der Waals surface area contributed by atoms with Gasteiger partial charge >= 0.3 is 5.97 Å². The fraction of sp³-hybridized carbons (Fsp3) is 0.389. The van der Waals surface area contributed by atoms with Crippen LogP contribution in [0.4, 0.5) is 0 Å². The van der Waals surface area contributed by atoms with Crippen LogP contribution in [-0.2, 0) is 4.79 Å². The molecule has 1 aliphatic carbocycles. The molecule has 0 aliphatic heterocycles. The Morgan fingerprint density at radius 3 is 2.58 bits per heavy atom. The first-order chi connectivity index (χ1) is 11.4. The molecule has 1 unspecified atom stereocenters. The summed E-state index contributed by atoms with van der Waals surface area (Å²) in [6, 6.07) is 6.63. The van der Waals surface area contributed by atoms with Crippen molar-refractivity contribution in [3.05, 3.63) is 47.4 Å². The van der Waals surface area contributed by atoms with Crippen LogP contribution in [0.5, 0.6) is 0 Å². The first kappa shape index (κ1) is 16.2. The van der Waals surface area contributed by atoms with Gasteiger partial charge in [-0.3, -0.25) is 4.79 Å². The molecule has 6 heteroatoms. The molecule has 3 rings (SSSR count). The summed E-state index contributed by atoms with van der Waals surface area (Å²) in [5, 5.41) is 9.32. The van der Waals surface area contributed by atoms with Gasteiger partial charge in [-0.25, -0.2) is 9.78 Å². The average Bonchev–Trinajstić information content (AvgIpc) is 3.33. The SMILES string of the molecule is Cc1cc(C(=O)N(C2CC2)C(C)C(=O)O)c(C)n1-c1ccccn1. The van der Waals surface area contributed by atoms with Crippen LogP contribution in [0.1, 0.15) is 41.5 Å². The molecule has 1 atom stereocenters. The maximum atomic E-state index is 13.0. The van der Waals surface area contributed by atoms with E-state index >= 15 is 0 Å². The molecule has 1 fully saturated rings. The smallest absolute Gasteiger partial charge is 0.326 e. The number of carbonyl (C=O) groups excluding carboxylic acids is 1. The molecule has 6 nitrogen and oxygen atoms in total. The number of hydrogen-bond donors (Lipinski definition) is 1. The van der Waals surface area contributed by atoms with Crippen molar-refractivity contribution >= 4 is 11.9 Å². The molecule has 24 heavy (non-hydrogen) atoms. The second kappa shape index (κ2) is 6.11. The lowest BCUT2D eigenvalue weighted by molar-refractivity contribution is -0.141. The third kappa shape index (κ3) is 2.79. The van der Waals surface area contributed by atoms with Gasteiger partial charge < -0.3 is 14.6 Å². The molecule has 126 valence electrons. The number of pyridine rings is 1. The van der Waals surface area contributed by atoms with Crippen molar-refractivity contribution in [3.63, 3.8) is 0 Å². The Bertz CT molecular complexity index is 778. The molecule has 1 amide bonds. The maximum absolute atomic E-state index is 13.0. The van der Waals surface area contributed by atoms with E-state index < -0.39 is 12.0 Å². The molecule has 2 heterocycles. The summed E-state index contributed by atoms with van der Waals surface area (Å²) >= 11 is 0. The number of carboxylic acid groups (broad SMARTS) is 1. The summed E-state index contributed by atoms with van der Waals surface area (Å²) in [6.07, 6.45) is 3.43. The number of aromatic nitrogens is 2. The molecule has 2 aromatic rings. The number of carboxylic acids is 1. The molecule has 1 aliphatic rings. The van der Waals surface area contributed by atoms with Crippen LogP contribution in [0.2, 0.25) is 0 Å². The van der Waals surface area contributed by atoms with Crippen molar-refractivity contribution in [3.8, 4) is 5.82 Å². The van der Waals surface area contributed by atoms with E-state index in [1.165, 1.54) is 4.90 Å². The Hall–Kier alpha value is -2.63. The number of amides is 1. The highest BCUT2D eigenvalue weighted by atomic mass is 16.4. The van der Waals surface area contributed by atoms with Gasteiger partial charge in [-0.15, -0.1) is 0 Å². The topological polar surface area (TPSA) is 75.4 Å². The van der Waals surface area contributed by atoms with Gasteiger partial charge in [0.05, 0.1) is 5.56 Å². The van der Waals surface area contributed by atoms with E-state index in [1.54, 1.807) is 13.1 Å². The normalized spacial score (nSPS) is 15.1. The summed E-state index contributed by atoms with van der Waals surface area (Å²) in [7, 11) is 0. The van der Waals surface area contributed by atoms with Crippen molar-refractivity contribution in [2.24, 2.45) is 0 Å². The van der Waals surface area contributed by atoms with Gasteiger partial charge in [0.1, 0.15) is 11.9 Å². The monoisotopic (exact) mass is 327 g/mol. The lowest BCUT2D eigenvalue weighted by Gasteiger charge is -2.26. The van der Waals surface area contributed by atoms with E-state index in [1.807, 2.05) is 42.7 Å². The summed E-state index contributed by atoms with van der Waals surface area (Å²) in [6.45, 7) is 5.35. The van der Waals surface area contributed by atoms with Crippen LogP contribution >= 0.6 is 0 Å². The lowest BCUT2D eigenvalue weighted by Crippen LogP contribution is -2.44. The zero-order valence-corrected chi connectivity index (χ0v) is 14.1. The predicted molar refractivity (Wildman–Crippen MR) is 89.3 cm³/mol. The minimum Gasteiger partial charge on any atom is -0.480 e. The standard InChI is InChI=1S/C18H21N3O3/c1-11-10-15(12(2)20(11)16-6-4-5-9-19-16)17(22)21(14-7-8-14)13(3)18(23)24/h4-6,9-10,13-14H,7-8H2,1-3H3,(H,23,24). The molecule has 0 saturated heterocycles. The van der Waals surface area contributed by atoms with E-state index in [0.29, 0.717) is 5.56 Å². The Labute approximate surface area is 140 Å². The summed E-state index contributed by atoms with van der Waals surface area (Å²) in [4.78, 5) is 30.2. The largest absolute Gasteiger partial charge is 0.480 e. The number of carbonyl (C=O) groups is 2. The second-order valence-electron chi connectivity index (χ2n) is 6.27. The minimum atomic E-state index is -0.978. The van der Waals surface area contributed by atoms with Gasteiger partial charge in [0.2, 0.25) is 0 Å². The van der Waals surface area contributed by atoms with Gasteiger partial charge in [-0.2, -0.15) is 0 Å². The third-order valence-corrected chi connectivity index (χ3v) is 4.49. The Morgan fingerprint density at radius 2 is 2.04 bits per heavy atom. The van der Waals surface area contributed by atoms with Crippen molar-refractivity contribution in [1.29, 1.82) is 0 Å². The number of aliphatic carboxylic acids is 1. The molecular formula is C18H21N3O3. The lowest BCUT2D eigenvalue weighted by atomic mass is 10.1. The van der Waals surface area contributed by atoms with Crippen LogP contribution in [0.15, 0.2) is 30.5 Å². The van der Waals surface area contributed by atoms with E-state index in [-0.39, 0.29) is 11.9 Å². The molecule has 0 bridgehead atoms. The fourth-order valence-electron chi connectivity index (χ4n) is 3.09. The van der Waals surface area contributed by atoms with Crippen LogP contribution < -0.4 is 0 Å². The maximum Gasteiger partial charge on any atom is 0.326 e. The van der Waals surface area contributed by atoms with Gasteiger partial charge in [0, 0.05) is 23.6 Å². The van der Waals surface area contributed by atoms with E-state index in [4.69, 9.17) is 0 Å². The number of aryl methyl sites for hydroxylation is 1. The molecule has 0 aromatic carbocycles. The van der Waals surface area contributed by atoms with E-state index in [9.17, 15) is 14.7 Å². The fourth-order valence-corrected chi connectivity index (χ4v) is 3.09. The van der Waals surface area contributed by atoms with E-state index in [0.717, 1.165) is 30.0 Å². The third-order valence-electron chi connectivity index (χ3n) is 4.49. The van der Waals surface area contributed by atoms with Crippen LogP contribution in [-0.4, -0.2) is 43.5 Å². The minimum absolute atomic E-state index is 0.0292. The first-order valence-corrected chi connectivity index (χ1v) is 8.07. The first-order valence-electron chi connectivity index (χ1n) is 8.07. The number of hydrogen-bond acceptors (Lipinski definition) is 3. The van der Waals surface area contributed by atoms with Crippen molar-refractivity contribution < 1.29 is 14.7 Å². The Balaban J connectivity index is 2.00. The molecule has 1 N–H and O–H groups in total. The van der Waals surface area contributed by atoms with Gasteiger partial charge in [0.15, 0.2) is 0 Å². The highest BCUT2D eigenvalue weighted by molar-refractivity contribution is 5.98. The highest BCUT2D eigenvalue weighted by Gasteiger charge is 2.39. The van der Waals surface area contributed by atoms with Crippen molar-refractivity contribution in [2.75, 3.05) is 0 Å². The number of nitrogens with zero attached hydrogens (tertiary/aromatic N) is 3. The second-order valence-corrected chi connectivity index (χ2v) is 6.27. The average molecular weight is 327 g/mol. The number of rotatable bonds is 5. The van der Waals surface area contributed by atoms with Crippen LogP contribution in [0.25, 0.3) is 5.82 Å². The van der Waals surface area contributed by atoms with Crippen molar-refractivity contribution in [2.45, 2.75) is 45.7 Å². The highest BCUT2D eigenvalue weighted by Crippen LogP contribution is 2.31. The van der Waals surface area contributed by atoms with Crippen molar-refractivity contribution in [1.82, 2.24) is 14.5 Å². The molecule has 0 spiro atoms. The predicted octanol–water partition coefficient (Wildman–Crippen LogP) is 2.57. The van der Waals surface area contributed by atoms with Gasteiger partial charge in [-0.1, -0.05) is 6.07 Å². The zero-order valence-electron chi connectivity index (χ0n) is 14.1. The van der Waals surface area contributed by atoms with Crippen LogP contribution in [0, 0.1) is 13.8 Å². The Kier molecular flexibility index (Phi) is 4.13. The van der Waals surface area contributed by atoms with Gasteiger partial charge in [0.25, 0.3) is 5.91 Å². The summed E-state index contributed by atoms with van der Waals surface area (Å²) in [5.74, 6) is -0.452. The molecule has 1 saturated carbocycles. The van der Waals surface area contributed by atoms with Gasteiger partial charge in [-0.05, 0) is 51.8 Å². The van der Waals surface area contributed by atoms with Crippen LogP contribution in [0.3, 0.4) is 0 Å². The quantitative estimate of drug-likeness (QED) is 0.916. The Morgan fingerprint density at radius 1 is 1.33 bits per heavy atom. The molecule has 2 aromatic heterocycles. The summed E-state index contributed by atoms with van der Waals surface area (Å²) < 4.78 is 1.92. The molecular weight excluding hydrogens is 306 g/mol. The zero-order chi connectivity index (χ0) is 17.4. The summed E-state index contributed by atoms with van der Waals surface area (Å²) in [5.41, 5.74) is 2.21. The molecule has 0 radical (unpaired) electrons. The van der Waals surface area contributed by atoms with E-state index in [2.05, 4.69) is 4.98 Å².